The standard InChI is InChI=1S/C31H37FN6O3/c1-36-28-25(11-21(13-27(28)40-2)31(39)37-16-22(32)14-23(33)17-37)35-30(36)26-12-20-5-6-24(19-7-9-41-10-8-19)34-29(20)38(26)15-18-3-4-18/h5-6,11-13,18-19,22-23H,3-4,7-10,14-17,33H2,1-2H3/t22-,23-/m1/s1. The van der Waals surface area contributed by atoms with Crippen LogP contribution in [0.25, 0.3) is 33.6 Å². The van der Waals surface area contributed by atoms with E-state index in [1.54, 1.807) is 19.2 Å². The number of amides is 1. The van der Waals surface area contributed by atoms with E-state index in [0.29, 0.717) is 35.2 Å². The Balaban J connectivity index is 1.32. The van der Waals surface area contributed by atoms with Gasteiger partial charge in [-0.25, -0.2) is 14.4 Å². The zero-order valence-electron chi connectivity index (χ0n) is 23.7. The number of ether oxygens (including phenoxy) is 2. The van der Waals surface area contributed by atoms with Crippen molar-refractivity contribution in [2.75, 3.05) is 33.4 Å². The molecule has 3 aromatic heterocycles. The number of piperidine rings is 1. The molecule has 216 valence electrons. The molecular weight excluding hydrogens is 523 g/mol. The van der Waals surface area contributed by atoms with Crippen molar-refractivity contribution in [1.29, 1.82) is 0 Å². The van der Waals surface area contributed by atoms with Crippen LogP contribution in [0.1, 0.15) is 54.1 Å². The summed E-state index contributed by atoms with van der Waals surface area (Å²) in [6, 6.07) is 9.66. The fourth-order valence-electron chi connectivity index (χ4n) is 6.53. The second kappa shape index (κ2) is 10.4. The first-order valence-corrected chi connectivity index (χ1v) is 14.7. The predicted octanol–water partition coefficient (Wildman–Crippen LogP) is 4.41. The van der Waals surface area contributed by atoms with Gasteiger partial charge in [0, 0.05) is 62.0 Å². The maximum absolute atomic E-state index is 14.2. The summed E-state index contributed by atoms with van der Waals surface area (Å²) >= 11 is 0. The molecule has 1 saturated carbocycles. The number of fused-ring (bicyclic) bond motifs is 2. The van der Waals surface area contributed by atoms with Crippen LogP contribution in [0, 0.1) is 5.92 Å². The highest BCUT2D eigenvalue weighted by molar-refractivity contribution is 6.00. The average Bonchev–Trinajstić information content (AvgIpc) is 3.65. The number of aromatic nitrogens is 4. The van der Waals surface area contributed by atoms with Gasteiger partial charge in [0.1, 0.15) is 23.1 Å². The zero-order valence-corrected chi connectivity index (χ0v) is 23.7. The normalized spacial score (nSPS) is 22.1. The van der Waals surface area contributed by atoms with Crippen molar-refractivity contribution in [3.8, 4) is 17.3 Å². The highest BCUT2D eigenvalue weighted by Gasteiger charge is 2.31. The van der Waals surface area contributed by atoms with Gasteiger partial charge in [0.25, 0.3) is 5.91 Å². The molecule has 1 aliphatic carbocycles. The van der Waals surface area contributed by atoms with Crippen LogP contribution in [0.15, 0.2) is 30.3 Å². The van der Waals surface area contributed by atoms with E-state index in [0.717, 1.165) is 66.4 Å². The molecule has 0 bridgehead atoms. The lowest BCUT2D eigenvalue weighted by atomic mass is 9.96. The number of rotatable bonds is 6. The number of methoxy groups -OCH3 is 1. The van der Waals surface area contributed by atoms with Gasteiger partial charge < -0.3 is 29.2 Å². The Morgan fingerprint density at radius 1 is 1.12 bits per heavy atom. The molecule has 5 heterocycles. The lowest BCUT2D eigenvalue weighted by molar-refractivity contribution is 0.0606. The number of carbonyl (C=O) groups is 1. The van der Waals surface area contributed by atoms with E-state index in [4.69, 9.17) is 25.2 Å². The molecule has 0 unspecified atom stereocenters. The molecule has 4 aromatic rings. The second-order valence-corrected chi connectivity index (χ2v) is 12.0. The third kappa shape index (κ3) is 4.86. The number of alkyl halides is 1. The molecule has 1 aromatic carbocycles. The second-order valence-electron chi connectivity index (χ2n) is 12.0. The monoisotopic (exact) mass is 560 g/mol. The van der Waals surface area contributed by atoms with E-state index < -0.39 is 6.17 Å². The molecular formula is C31H37FN6O3. The molecule has 3 fully saturated rings. The van der Waals surface area contributed by atoms with Gasteiger partial charge in [-0.2, -0.15) is 0 Å². The Hall–Kier alpha value is -3.50. The summed E-state index contributed by atoms with van der Waals surface area (Å²) < 4.78 is 29.9. The molecule has 0 radical (unpaired) electrons. The van der Waals surface area contributed by atoms with Gasteiger partial charge in [-0.1, -0.05) is 0 Å². The summed E-state index contributed by atoms with van der Waals surface area (Å²) in [5, 5.41) is 1.09. The molecule has 2 saturated heterocycles. The number of aryl methyl sites for hydroxylation is 1. The Kier molecular flexibility index (Phi) is 6.70. The molecule has 41 heavy (non-hydrogen) atoms. The van der Waals surface area contributed by atoms with E-state index in [1.807, 2.05) is 11.6 Å². The van der Waals surface area contributed by atoms with Crippen molar-refractivity contribution in [3.63, 3.8) is 0 Å². The SMILES string of the molecule is COc1cc(C(=O)N2C[C@H](N)C[C@@H](F)C2)cc2nc(-c3cc4ccc(C5CCOCC5)nc4n3CC3CC3)n(C)c12. The van der Waals surface area contributed by atoms with Gasteiger partial charge in [-0.05, 0) is 68.4 Å². The van der Waals surface area contributed by atoms with E-state index in [2.05, 4.69) is 22.8 Å². The fourth-order valence-corrected chi connectivity index (χ4v) is 6.53. The summed E-state index contributed by atoms with van der Waals surface area (Å²) in [4.78, 5) is 25.2. The number of hydrogen-bond acceptors (Lipinski definition) is 6. The first kappa shape index (κ1) is 26.4. The van der Waals surface area contributed by atoms with Crippen molar-refractivity contribution in [1.82, 2.24) is 24.0 Å². The summed E-state index contributed by atoms with van der Waals surface area (Å²) in [6.45, 7) is 2.84. The number of hydrogen-bond donors (Lipinski definition) is 1. The summed E-state index contributed by atoms with van der Waals surface area (Å²) in [6.07, 6.45) is 3.59. The van der Waals surface area contributed by atoms with Gasteiger partial charge in [0.15, 0.2) is 5.82 Å². The maximum atomic E-state index is 14.2. The van der Waals surface area contributed by atoms with Crippen LogP contribution in [0.2, 0.25) is 0 Å². The minimum atomic E-state index is -1.12. The quantitative estimate of drug-likeness (QED) is 0.375. The van der Waals surface area contributed by atoms with E-state index in [9.17, 15) is 9.18 Å². The third-order valence-electron chi connectivity index (χ3n) is 8.89. The van der Waals surface area contributed by atoms with Crippen molar-refractivity contribution < 1.29 is 18.7 Å². The van der Waals surface area contributed by atoms with Crippen LogP contribution < -0.4 is 10.5 Å². The van der Waals surface area contributed by atoms with Crippen molar-refractivity contribution >= 4 is 28.0 Å². The summed E-state index contributed by atoms with van der Waals surface area (Å²) in [5.41, 5.74) is 11.0. The number of pyridine rings is 1. The van der Waals surface area contributed by atoms with Crippen molar-refractivity contribution in [2.45, 2.75) is 56.8 Å². The minimum absolute atomic E-state index is 0.0461. The molecule has 1 amide bonds. The molecule has 2 atom stereocenters. The lowest BCUT2D eigenvalue weighted by Crippen LogP contribution is -2.50. The number of nitrogens with two attached hydrogens (primary N) is 1. The van der Waals surface area contributed by atoms with Gasteiger partial charge in [0.05, 0.1) is 24.9 Å². The number of nitrogens with zero attached hydrogens (tertiary/aromatic N) is 5. The number of imidazole rings is 1. The highest BCUT2D eigenvalue weighted by Crippen LogP contribution is 2.38. The van der Waals surface area contributed by atoms with Crippen LogP contribution in [-0.2, 0) is 18.3 Å². The molecule has 3 aliphatic rings. The maximum Gasteiger partial charge on any atom is 0.254 e. The average molecular weight is 561 g/mol. The van der Waals surface area contributed by atoms with Crippen LogP contribution >= 0.6 is 0 Å². The van der Waals surface area contributed by atoms with Crippen LogP contribution in [-0.4, -0.2) is 75.5 Å². The summed E-state index contributed by atoms with van der Waals surface area (Å²) in [7, 11) is 3.57. The van der Waals surface area contributed by atoms with Crippen molar-refractivity contribution in [2.24, 2.45) is 18.7 Å². The first-order chi connectivity index (χ1) is 19.9. The topological polar surface area (TPSA) is 100 Å². The number of benzene rings is 1. The molecule has 10 heteroatoms. The molecule has 9 nitrogen and oxygen atoms in total. The number of carbonyl (C=O) groups excluding carboxylic acids is 1. The molecule has 2 aliphatic heterocycles. The molecule has 0 spiro atoms. The van der Waals surface area contributed by atoms with Crippen LogP contribution in [0.5, 0.6) is 5.75 Å². The summed E-state index contributed by atoms with van der Waals surface area (Å²) in [5.74, 6) is 2.14. The predicted molar refractivity (Wildman–Crippen MR) is 155 cm³/mol. The smallest absolute Gasteiger partial charge is 0.254 e. The Morgan fingerprint density at radius 2 is 1.93 bits per heavy atom. The fraction of sp³-hybridized carbons (Fsp3) is 0.516. The Bertz CT molecular complexity index is 1610. The molecule has 7 rings (SSSR count). The van der Waals surface area contributed by atoms with Crippen LogP contribution in [0.4, 0.5) is 4.39 Å². The van der Waals surface area contributed by atoms with Crippen LogP contribution in [0.3, 0.4) is 0 Å². The number of likely N-dealkylation sites (tertiary alicyclic amines) is 1. The Morgan fingerprint density at radius 3 is 2.66 bits per heavy atom. The Labute approximate surface area is 238 Å². The zero-order chi connectivity index (χ0) is 28.2. The largest absolute Gasteiger partial charge is 0.494 e. The van der Waals surface area contributed by atoms with Gasteiger partial charge >= 0.3 is 0 Å². The van der Waals surface area contributed by atoms with E-state index in [1.165, 1.54) is 17.7 Å². The van der Waals surface area contributed by atoms with Gasteiger partial charge in [-0.3, -0.25) is 4.79 Å². The lowest BCUT2D eigenvalue weighted by Gasteiger charge is -2.33. The number of halogens is 1. The molecule has 2 N–H and O–H groups in total. The van der Waals surface area contributed by atoms with Gasteiger partial charge in [0.2, 0.25) is 0 Å². The minimum Gasteiger partial charge on any atom is -0.494 e. The first-order valence-electron chi connectivity index (χ1n) is 14.7. The van der Waals surface area contributed by atoms with Crippen molar-refractivity contribution in [3.05, 3.63) is 41.6 Å². The van der Waals surface area contributed by atoms with Gasteiger partial charge in [-0.15, -0.1) is 0 Å². The van der Waals surface area contributed by atoms with E-state index >= 15 is 0 Å². The van der Waals surface area contributed by atoms with E-state index in [-0.39, 0.29) is 24.9 Å². The third-order valence-corrected chi connectivity index (χ3v) is 8.89. The highest BCUT2D eigenvalue weighted by atomic mass is 19.1.